The van der Waals surface area contributed by atoms with Crippen molar-refractivity contribution in [1.29, 1.82) is 0 Å². The summed E-state index contributed by atoms with van der Waals surface area (Å²) in [4.78, 5) is 23.8. The number of aryl methyl sites for hydroxylation is 1. The van der Waals surface area contributed by atoms with E-state index in [1.165, 1.54) is 18.2 Å². The molecule has 5 nitrogen and oxygen atoms in total. The van der Waals surface area contributed by atoms with Crippen LogP contribution >= 0.6 is 0 Å². The Labute approximate surface area is 145 Å². The van der Waals surface area contributed by atoms with E-state index in [0.29, 0.717) is 16.5 Å². The minimum absolute atomic E-state index is 0.0142. The number of esters is 1. The number of rotatable bonds is 4. The van der Waals surface area contributed by atoms with E-state index >= 15 is 0 Å². The van der Waals surface area contributed by atoms with Gasteiger partial charge in [-0.1, -0.05) is 0 Å². The quantitative estimate of drug-likeness (QED) is 0.713. The third-order valence-corrected chi connectivity index (χ3v) is 3.62. The molecular weight excluding hydrogens is 351 g/mol. The number of amides is 1. The molecule has 26 heavy (non-hydrogen) atoms. The van der Waals surface area contributed by atoms with Crippen LogP contribution in [0.3, 0.4) is 0 Å². The number of furan rings is 1. The van der Waals surface area contributed by atoms with E-state index in [2.05, 4.69) is 5.32 Å². The summed E-state index contributed by atoms with van der Waals surface area (Å²) in [6, 6.07) is 6.61. The Kier molecular flexibility index (Phi) is 4.66. The number of benzene rings is 2. The average Bonchev–Trinajstić information content (AvgIpc) is 2.92. The molecule has 0 fully saturated rings. The highest BCUT2D eigenvalue weighted by molar-refractivity contribution is 5.98. The molecule has 1 amide bonds. The van der Waals surface area contributed by atoms with Crippen LogP contribution in [0.2, 0.25) is 0 Å². The van der Waals surface area contributed by atoms with Crippen LogP contribution in [-0.4, -0.2) is 18.5 Å². The van der Waals surface area contributed by atoms with Crippen molar-refractivity contribution < 1.29 is 31.9 Å². The van der Waals surface area contributed by atoms with Gasteiger partial charge in [-0.05, 0) is 37.3 Å². The fraction of sp³-hybridized carbons (Fsp3) is 0.111. The van der Waals surface area contributed by atoms with Gasteiger partial charge < -0.3 is 14.5 Å². The van der Waals surface area contributed by atoms with Crippen LogP contribution in [0.15, 0.2) is 40.8 Å². The highest BCUT2D eigenvalue weighted by atomic mass is 19.2. The summed E-state index contributed by atoms with van der Waals surface area (Å²) < 4.78 is 49.4. The van der Waals surface area contributed by atoms with Gasteiger partial charge in [0.1, 0.15) is 11.4 Å². The van der Waals surface area contributed by atoms with Crippen LogP contribution in [0.4, 0.5) is 18.9 Å². The minimum atomic E-state index is -1.12. The molecule has 0 aliphatic heterocycles. The zero-order valence-electron chi connectivity index (χ0n) is 13.4. The molecule has 3 aromatic rings. The largest absolute Gasteiger partial charge is 0.450 e. The Morgan fingerprint density at radius 2 is 1.85 bits per heavy atom. The van der Waals surface area contributed by atoms with Gasteiger partial charge in [0.15, 0.2) is 18.2 Å². The lowest BCUT2D eigenvalue weighted by atomic mass is 10.1. The zero-order chi connectivity index (χ0) is 18.8. The first-order valence-electron chi connectivity index (χ1n) is 7.46. The monoisotopic (exact) mass is 363 g/mol. The number of hydrogen-bond acceptors (Lipinski definition) is 4. The number of carbonyl (C=O) groups excluding carboxylic acids is 2. The molecule has 1 N–H and O–H groups in total. The zero-order valence-corrected chi connectivity index (χ0v) is 13.4. The lowest BCUT2D eigenvalue weighted by molar-refractivity contribution is -0.119. The lowest BCUT2D eigenvalue weighted by Gasteiger charge is -2.06. The average molecular weight is 363 g/mol. The third kappa shape index (κ3) is 3.53. The Hall–Kier alpha value is -3.29. The summed E-state index contributed by atoms with van der Waals surface area (Å²) in [5.41, 5.74) is 0.702. The van der Waals surface area contributed by atoms with Crippen LogP contribution < -0.4 is 5.32 Å². The maximum atomic E-state index is 13.3. The van der Waals surface area contributed by atoms with Crippen LogP contribution in [0.5, 0.6) is 0 Å². The SMILES string of the molecule is Cc1c(C(=O)OCC(=O)Nc2ccc(F)c(F)c2)oc2ccc(F)cc12. The van der Waals surface area contributed by atoms with E-state index in [1.54, 1.807) is 6.92 Å². The number of hydrogen-bond donors (Lipinski definition) is 1. The fourth-order valence-electron chi connectivity index (χ4n) is 2.36. The molecule has 2 aromatic carbocycles. The minimum Gasteiger partial charge on any atom is -0.450 e. The number of carbonyl (C=O) groups is 2. The van der Waals surface area contributed by atoms with Crippen molar-refractivity contribution in [2.75, 3.05) is 11.9 Å². The van der Waals surface area contributed by atoms with Gasteiger partial charge in [0.05, 0.1) is 0 Å². The van der Waals surface area contributed by atoms with Crippen molar-refractivity contribution >= 4 is 28.5 Å². The number of anilines is 1. The number of nitrogens with one attached hydrogen (secondary N) is 1. The molecule has 0 unspecified atom stereocenters. The number of ether oxygens (including phenoxy) is 1. The van der Waals surface area contributed by atoms with Crippen LogP contribution in [0.1, 0.15) is 16.1 Å². The van der Waals surface area contributed by atoms with E-state index in [1.807, 2.05) is 0 Å². The molecule has 0 saturated heterocycles. The second-order valence-corrected chi connectivity index (χ2v) is 5.45. The highest BCUT2D eigenvalue weighted by Crippen LogP contribution is 2.26. The Bertz CT molecular complexity index is 1010. The van der Waals surface area contributed by atoms with E-state index in [-0.39, 0.29) is 11.4 Å². The van der Waals surface area contributed by atoms with Gasteiger partial charge in [-0.25, -0.2) is 18.0 Å². The summed E-state index contributed by atoms with van der Waals surface area (Å²) >= 11 is 0. The standard InChI is InChI=1S/C18H12F3NO4/c1-9-12-6-10(19)2-5-15(12)26-17(9)18(24)25-8-16(23)22-11-3-4-13(20)14(21)7-11/h2-7H,8H2,1H3,(H,22,23). The van der Waals surface area contributed by atoms with Gasteiger partial charge in [0, 0.05) is 22.7 Å². The van der Waals surface area contributed by atoms with Gasteiger partial charge in [-0.2, -0.15) is 0 Å². The van der Waals surface area contributed by atoms with E-state index in [0.717, 1.165) is 18.2 Å². The number of fused-ring (bicyclic) bond motifs is 1. The summed E-state index contributed by atoms with van der Waals surface area (Å²) in [6.07, 6.45) is 0. The molecule has 8 heteroatoms. The fourth-order valence-corrected chi connectivity index (χ4v) is 2.36. The molecule has 0 radical (unpaired) electrons. The van der Waals surface area contributed by atoms with Crippen molar-refractivity contribution in [3.63, 3.8) is 0 Å². The molecule has 1 aromatic heterocycles. The van der Waals surface area contributed by atoms with Gasteiger partial charge in [0.25, 0.3) is 5.91 Å². The van der Waals surface area contributed by atoms with Crippen molar-refractivity contribution in [3.05, 3.63) is 65.2 Å². The topological polar surface area (TPSA) is 68.5 Å². The molecule has 0 aliphatic rings. The third-order valence-electron chi connectivity index (χ3n) is 3.62. The first kappa shape index (κ1) is 17.5. The summed E-state index contributed by atoms with van der Waals surface area (Å²) in [5, 5.41) is 2.68. The van der Waals surface area contributed by atoms with Crippen LogP contribution in [-0.2, 0) is 9.53 Å². The predicted molar refractivity (Wildman–Crippen MR) is 86.2 cm³/mol. The molecule has 3 rings (SSSR count). The van der Waals surface area contributed by atoms with Crippen LogP contribution in [0, 0.1) is 24.4 Å². The van der Waals surface area contributed by atoms with Gasteiger partial charge in [-0.15, -0.1) is 0 Å². The molecule has 0 saturated carbocycles. The molecule has 134 valence electrons. The maximum Gasteiger partial charge on any atom is 0.375 e. The molecule has 1 heterocycles. The normalized spacial score (nSPS) is 10.8. The summed E-state index contributed by atoms with van der Waals surface area (Å²) in [5.74, 6) is -4.45. The molecular formula is C18H12F3NO4. The summed E-state index contributed by atoms with van der Waals surface area (Å²) in [6.45, 7) is 0.895. The maximum absolute atomic E-state index is 13.3. The molecule has 0 bridgehead atoms. The predicted octanol–water partition coefficient (Wildman–Crippen LogP) is 3.95. The van der Waals surface area contributed by atoms with E-state index in [4.69, 9.17) is 9.15 Å². The number of halogens is 3. The molecule has 0 aliphatic carbocycles. The summed E-state index contributed by atoms with van der Waals surface area (Å²) in [7, 11) is 0. The first-order valence-corrected chi connectivity index (χ1v) is 7.46. The van der Waals surface area contributed by atoms with E-state index < -0.39 is 35.9 Å². The Balaban J connectivity index is 1.66. The van der Waals surface area contributed by atoms with Gasteiger partial charge >= 0.3 is 5.97 Å². The Morgan fingerprint density at radius 3 is 2.58 bits per heavy atom. The van der Waals surface area contributed by atoms with Crippen LogP contribution in [0.25, 0.3) is 11.0 Å². The second kappa shape index (κ2) is 6.91. The van der Waals surface area contributed by atoms with Gasteiger partial charge in [0.2, 0.25) is 5.76 Å². The first-order chi connectivity index (χ1) is 12.3. The Morgan fingerprint density at radius 1 is 1.08 bits per heavy atom. The molecule has 0 atom stereocenters. The van der Waals surface area contributed by atoms with Crippen molar-refractivity contribution in [1.82, 2.24) is 0 Å². The van der Waals surface area contributed by atoms with Crippen molar-refractivity contribution in [3.8, 4) is 0 Å². The van der Waals surface area contributed by atoms with Crippen molar-refractivity contribution in [2.24, 2.45) is 0 Å². The second-order valence-electron chi connectivity index (χ2n) is 5.45. The smallest absolute Gasteiger partial charge is 0.375 e. The highest BCUT2D eigenvalue weighted by Gasteiger charge is 2.20. The molecule has 0 spiro atoms. The van der Waals surface area contributed by atoms with Gasteiger partial charge in [-0.3, -0.25) is 4.79 Å². The van der Waals surface area contributed by atoms with E-state index in [9.17, 15) is 22.8 Å². The van der Waals surface area contributed by atoms with Crippen molar-refractivity contribution in [2.45, 2.75) is 6.92 Å². The lowest BCUT2D eigenvalue weighted by Crippen LogP contribution is -2.21.